The van der Waals surface area contributed by atoms with E-state index in [2.05, 4.69) is 15.0 Å². The SMILES string of the molecule is COC(=O)C(=O)Nc1cnc(OC2CCC(C(=O)O)CC2)c(C)c1. The van der Waals surface area contributed by atoms with Crippen LogP contribution in [0.3, 0.4) is 0 Å². The third-order valence-corrected chi connectivity index (χ3v) is 3.96. The van der Waals surface area contributed by atoms with E-state index in [0.717, 1.165) is 7.11 Å². The molecule has 2 rings (SSSR count). The third kappa shape index (κ3) is 4.43. The highest BCUT2D eigenvalue weighted by atomic mass is 16.5. The largest absolute Gasteiger partial charge is 0.481 e. The zero-order chi connectivity index (χ0) is 17.7. The van der Waals surface area contributed by atoms with E-state index in [4.69, 9.17) is 9.84 Å². The molecule has 8 nitrogen and oxygen atoms in total. The summed E-state index contributed by atoms with van der Waals surface area (Å²) in [7, 11) is 1.13. The fourth-order valence-corrected chi connectivity index (χ4v) is 2.61. The summed E-state index contributed by atoms with van der Waals surface area (Å²) in [5, 5.41) is 11.4. The number of carboxylic acids is 1. The van der Waals surface area contributed by atoms with Crippen LogP contribution in [0, 0.1) is 12.8 Å². The van der Waals surface area contributed by atoms with Crippen LogP contribution in [0.1, 0.15) is 31.2 Å². The van der Waals surface area contributed by atoms with Crippen LogP contribution in [0.15, 0.2) is 12.3 Å². The summed E-state index contributed by atoms with van der Waals surface area (Å²) in [5.41, 5.74) is 1.07. The predicted molar refractivity (Wildman–Crippen MR) is 83.6 cm³/mol. The second-order valence-corrected chi connectivity index (χ2v) is 5.72. The molecule has 24 heavy (non-hydrogen) atoms. The molecule has 0 unspecified atom stereocenters. The van der Waals surface area contributed by atoms with Crippen molar-refractivity contribution in [2.45, 2.75) is 38.7 Å². The smallest absolute Gasteiger partial charge is 0.396 e. The topological polar surface area (TPSA) is 115 Å². The van der Waals surface area contributed by atoms with Gasteiger partial charge in [0, 0.05) is 5.56 Å². The van der Waals surface area contributed by atoms with Gasteiger partial charge < -0.3 is 19.9 Å². The molecular formula is C16H20N2O6. The number of methoxy groups -OCH3 is 1. The van der Waals surface area contributed by atoms with Crippen LogP contribution in [0.2, 0.25) is 0 Å². The number of carbonyl (C=O) groups excluding carboxylic acids is 2. The number of hydrogen-bond donors (Lipinski definition) is 2. The van der Waals surface area contributed by atoms with Crippen molar-refractivity contribution < 1.29 is 29.0 Å². The molecule has 1 aromatic heterocycles. The first kappa shape index (κ1) is 17.7. The van der Waals surface area contributed by atoms with E-state index < -0.39 is 17.8 Å². The first-order chi connectivity index (χ1) is 11.4. The number of carbonyl (C=O) groups is 3. The fourth-order valence-electron chi connectivity index (χ4n) is 2.61. The molecule has 0 aliphatic heterocycles. The lowest BCUT2D eigenvalue weighted by atomic mass is 9.87. The summed E-state index contributed by atoms with van der Waals surface area (Å²) < 4.78 is 10.2. The number of amides is 1. The maximum atomic E-state index is 11.4. The van der Waals surface area contributed by atoms with E-state index in [1.165, 1.54) is 6.20 Å². The predicted octanol–water partition coefficient (Wildman–Crippen LogP) is 1.52. The van der Waals surface area contributed by atoms with Gasteiger partial charge in [0.05, 0.1) is 24.9 Å². The van der Waals surface area contributed by atoms with Gasteiger partial charge in [0.1, 0.15) is 6.10 Å². The Morgan fingerprint density at radius 2 is 1.92 bits per heavy atom. The van der Waals surface area contributed by atoms with Gasteiger partial charge in [-0.2, -0.15) is 0 Å². The molecule has 1 fully saturated rings. The van der Waals surface area contributed by atoms with Crippen molar-refractivity contribution >= 4 is 23.5 Å². The number of aryl methyl sites for hydroxylation is 1. The first-order valence-corrected chi connectivity index (χ1v) is 7.66. The second-order valence-electron chi connectivity index (χ2n) is 5.72. The quantitative estimate of drug-likeness (QED) is 0.633. The summed E-state index contributed by atoms with van der Waals surface area (Å²) >= 11 is 0. The number of ether oxygens (including phenoxy) is 2. The Balaban J connectivity index is 1.94. The van der Waals surface area contributed by atoms with Gasteiger partial charge in [-0.15, -0.1) is 0 Å². The molecule has 1 saturated carbocycles. The van der Waals surface area contributed by atoms with Crippen LogP contribution in [0.25, 0.3) is 0 Å². The van der Waals surface area contributed by atoms with Gasteiger partial charge in [0.25, 0.3) is 0 Å². The molecular weight excluding hydrogens is 316 g/mol. The summed E-state index contributed by atoms with van der Waals surface area (Å²) in [5.74, 6) is -2.48. The number of aromatic nitrogens is 1. The highest BCUT2D eigenvalue weighted by molar-refractivity contribution is 6.37. The minimum absolute atomic E-state index is 0.0673. The maximum Gasteiger partial charge on any atom is 0.396 e. The molecule has 0 atom stereocenters. The normalized spacial score (nSPS) is 20.1. The number of carboxylic acid groups (broad SMARTS) is 1. The number of pyridine rings is 1. The standard InChI is InChI=1S/C16H20N2O6/c1-9-7-11(18-13(19)16(22)23-2)8-17-14(9)24-12-5-3-10(4-6-12)15(20)21/h7-8,10,12H,3-6H2,1-2H3,(H,18,19)(H,20,21). The zero-order valence-corrected chi connectivity index (χ0v) is 13.6. The Labute approximate surface area is 139 Å². The minimum atomic E-state index is -0.983. The number of anilines is 1. The molecule has 1 aromatic rings. The Bertz CT molecular complexity index is 637. The van der Waals surface area contributed by atoms with Gasteiger partial charge in [-0.1, -0.05) is 0 Å². The molecule has 130 valence electrons. The van der Waals surface area contributed by atoms with E-state index in [9.17, 15) is 14.4 Å². The van der Waals surface area contributed by atoms with Crippen molar-refractivity contribution in [1.29, 1.82) is 0 Å². The molecule has 1 heterocycles. The Morgan fingerprint density at radius 1 is 1.25 bits per heavy atom. The van der Waals surface area contributed by atoms with Gasteiger partial charge in [0.2, 0.25) is 5.88 Å². The number of esters is 1. The highest BCUT2D eigenvalue weighted by Crippen LogP contribution is 2.28. The average molecular weight is 336 g/mol. The van der Waals surface area contributed by atoms with Crippen molar-refractivity contribution in [3.63, 3.8) is 0 Å². The molecule has 1 amide bonds. The molecule has 0 aromatic carbocycles. The monoisotopic (exact) mass is 336 g/mol. The Kier molecular flexibility index (Phi) is 5.73. The summed E-state index contributed by atoms with van der Waals surface area (Å²) in [6, 6.07) is 1.64. The third-order valence-electron chi connectivity index (χ3n) is 3.96. The zero-order valence-electron chi connectivity index (χ0n) is 13.6. The lowest BCUT2D eigenvalue weighted by Crippen LogP contribution is -2.28. The Hall–Kier alpha value is -2.64. The van der Waals surface area contributed by atoms with Crippen LogP contribution < -0.4 is 10.1 Å². The van der Waals surface area contributed by atoms with E-state index in [-0.39, 0.29) is 12.0 Å². The number of rotatable bonds is 4. The lowest BCUT2D eigenvalue weighted by Gasteiger charge is -2.26. The Morgan fingerprint density at radius 3 is 2.46 bits per heavy atom. The average Bonchev–Trinajstić information content (AvgIpc) is 2.57. The van der Waals surface area contributed by atoms with Gasteiger partial charge in [-0.25, -0.2) is 9.78 Å². The van der Waals surface area contributed by atoms with Crippen LogP contribution in [0.4, 0.5) is 5.69 Å². The molecule has 0 radical (unpaired) electrons. The summed E-state index contributed by atoms with van der Waals surface area (Å²) in [4.78, 5) is 37.6. The van der Waals surface area contributed by atoms with E-state index in [0.29, 0.717) is 42.8 Å². The van der Waals surface area contributed by atoms with E-state index >= 15 is 0 Å². The van der Waals surface area contributed by atoms with Crippen molar-refractivity contribution in [2.75, 3.05) is 12.4 Å². The van der Waals surface area contributed by atoms with Gasteiger partial charge in [-0.3, -0.25) is 9.59 Å². The summed E-state index contributed by atoms with van der Waals surface area (Å²) in [6.07, 6.45) is 3.84. The molecule has 0 bridgehead atoms. The second kappa shape index (κ2) is 7.76. The maximum absolute atomic E-state index is 11.4. The number of aliphatic carboxylic acids is 1. The molecule has 2 N–H and O–H groups in total. The molecule has 0 saturated heterocycles. The molecule has 1 aliphatic carbocycles. The first-order valence-electron chi connectivity index (χ1n) is 7.66. The highest BCUT2D eigenvalue weighted by Gasteiger charge is 2.27. The molecule has 8 heteroatoms. The number of hydrogen-bond acceptors (Lipinski definition) is 6. The van der Waals surface area contributed by atoms with E-state index in [1.54, 1.807) is 13.0 Å². The van der Waals surface area contributed by atoms with Crippen molar-refractivity contribution in [3.05, 3.63) is 17.8 Å². The van der Waals surface area contributed by atoms with Crippen LogP contribution in [-0.4, -0.2) is 41.2 Å². The fraction of sp³-hybridized carbons (Fsp3) is 0.500. The number of nitrogens with zero attached hydrogens (tertiary/aromatic N) is 1. The van der Waals surface area contributed by atoms with E-state index in [1.807, 2.05) is 0 Å². The summed E-state index contributed by atoms with van der Waals surface area (Å²) in [6.45, 7) is 1.78. The van der Waals surface area contributed by atoms with Gasteiger partial charge >= 0.3 is 17.8 Å². The van der Waals surface area contributed by atoms with Crippen LogP contribution in [0.5, 0.6) is 5.88 Å². The van der Waals surface area contributed by atoms with Crippen molar-refractivity contribution in [2.24, 2.45) is 5.92 Å². The van der Waals surface area contributed by atoms with Gasteiger partial charge in [0.15, 0.2) is 0 Å². The molecule has 1 aliphatic rings. The van der Waals surface area contributed by atoms with Crippen LogP contribution >= 0.6 is 0 Å². The van der Waals surface area contributed by atoms with Crippen molar-refractivity contribution in [1.82, 2.24) is 4.98 Å². The lowest BCUT2D eigenvalue weighted by molar-refractivity contribution is -0.150. The van der Waals surface area contributed by atoms with Crippen LogP contribution in [-0.2, 0) is 19.1 Å². The minimum Gasteiger partial charge on any atom is -0.481 e. The van der Waals surface area contributed by atoms with Gasteiger partial charge in [-0.05, 0) is 38.7 Å². The number of nitrogens with one attached hydrogen (secondary N) is 1. The molecule has 0 spiro atoms. The van der Waals surface area contributed by atoms with Crippen molar-refractivity contribution in [3.8, 4) is 5.88 Å².